The van der Waals surface area contributed by atoms with Gasteiger partial charge in [0, 0.05) is 5.56 Å². The second-order valence-corrected chi connectivity index (χ2v) is 12.2. The van der Waals surface area contributed by atoms with Gasteiger partial charge in [0.25, 0.3) is 0 Å². The monoisotopic (exact) mass is 864 g/mol. The summed E-state index contributed by atoms with van der Waals surface area (Å²) in [5.74, 6) is -71.4. The molecule has 0 aliphatic heterocycles. The van der Waals surface area contributed by atoms with Gasteiger partial charge in [-0.05, 0) is 13.0 Å². The molecule has 0 atom stereocenters. The van der Waals surface area contributed by atoms with Gasteiger partial charge in [-0.25, -0.2) is 87.8 Å². The number of nitrogens with zero attached hydrogens (tertiary/aromatic N) is 2. The van der Waals surface area contributed by atoms with Crippen LogP contribution >= 0.6 is 0 Å². The zero-order valence-electron chi connectivity index (χ0n) is 28.4. The smallest absolute Gasteiger partial charge is 0.200 e. The molecule has 59 heavy (non-hydrogen) atoms. The zero-order valence-corrected chi connectivity index (χ0v) is 28.4. The van der Waals surface area contributed by atoms with Gasteiger partial charge in [0.2, 0.25) is 0 Å². The van der Waals surface area contributed by atoms with Crippen molar-refractivity contribution in [2.45, 2.75) is 13.5 Å². The molecule has 0 radical (unpaired) electrons. The summed E-state index contributed by atoms with van der Waals surface area (Å²) in [5.41, 5.74) is -11.7. The van der Waals surface area contributed by atoms with Crippen LogP contribution < -0.4 is 26.4 Å². The van der Waals surface area contributed by atoms with Crippen LogP contribution in [0.2, 0.25) is 0 Å². The van der Waals surface area contributed by atoms with Crippen LogP contribution in [0.3, 0.4) is 0 Å². The molecule has 0 aliphatic rings. The molecule has 0 N–H and O–H groups in total. The summed E-state index contributed by atoms with van der Waals surface area (Å²) in [6, 6.07) is 8.54. The third kappa shape index (κ3) is 6.98. The first-order valence-electron chi connectivity index (χ1n) is 15.6. The maximum absolute atomic E-state index is 15.4. The standard InChI is InChI=1S/C24BF20.C12H13N2/c26-5-1(6(27)14(35)21(42)13(5)34)25(2-7(28)15(36)22(43)16(37)8(2)29,3-9(30)17(38)23(44)18(39)10(3)31)4-11(32)19(40)24(45)20(41)12(4)33;1-11-3-2-4-12(9-11)10-14-7-5-13-6-8-14/h;2-9H,10H2,1H3/q-1;+1. The summed E-state index contributed by atoms with van der Waals surface area (Å²) in [7, 11) is 0. The Morgan fingerprint density at radius 1 is 0.390 bits per heavy atom. The van der Waals surface area contributed by atoms with E-state index < -0.39 is 144 Å². The first-order chi connectivity index (χ1) is 27.5. The fraction of sp³-hybridized carbons (Fsp3) is 0.0556. The molecule has 5 aromatic carbocycles. The summed E-state index contributed by atoms with van der Waals surface area (Å²) in [4.78, 5) is 3.98. The molecular weight excluding hydrogens is 851 g/mol. The minimum Gasteiger partial charge on any atom is -0.252 e. The van der Waals surface area contributed by atoms with Crippen molar-refractivity contribution in [3.8, 4) is 0 Å². The summed E-state index contributed by atoms with van der Waals surface area (Å²) in [5, 5.41) is 0. The molecule has 0 spiro atoms. The van der Waals surface area contributed by atoms with Gasteiger partial charge >= 0.3 is 0 Å². The first-order valence-corrected chi connectivity index (χ1v) is 15.6. The Hall–Kier alpha value is -6.16. The van der Waals surface area contributed by atoms with Crippen LogP contribution in [-0.2, 0) is 6.54 Å². The summed E-state index contributed by atoms with van der Waals surface area (Å²) >= 11 is 0. The fourth-order valence-corrected chi connectivity index (χ4v) is 6.35. The lowest BCUT2D eigenvalue weighted by atomic mass is 9.12. The lowest BCUT2D eigenvalue weighted by molar-refractivity contribution is -0.688. The van der Waals surface area contributed by atoms with Gasteiger partial charge in [0.1, 0.15) is 52.7 Å². The summed E-state index contributed by atoms with van der Waals surface area (Å²) in [6.07, 6.45) is 0.335. The van der Waals surface area contributed by atoms with E-state index in [1.807, 2.05) is 12.4 Å². The van der Waals surface area contributed by atoms with Crippen molar-refractivity contribution in [1.29, 1.82) is 0 Å². The minimum absolute atomic E-state index is 0.907. The third-order valence-electron chi connectivity index (χ3n) is 8.84. The van der Waals surface area contributed by atoms with Crippen LogP contribution in [0.5, 0.6) is 0 Å². The Balaban J connectivity index is 0.000000395. The Morgan fingerprint density at radius 2 is 0.644 bits per heavy atom. The van der Waals surface area contributed by atoms with Gasteiger partial charge in [-0.15, -0.1) is 21.9 Å². The molecule has 0 saturated heterocycles. The molecule has 0 unspecified atom stereocenters. The van der Waals surface area contributed by atoms with Crippen molar-refractivity contribution in [3.05, 3.63) is 177 Å². The number of aromatic nitrogens is 2. The molecule has 1 aromatic heterocycles. The quantitative estimate of drug-likeness (QED) is 0.0556. The molecule has 6 aromatic rings. The number of benzene rings is 5. The largest absolute Gasteiger partial charge is 0.252 e. The van der Waals surface area contributed by atoms with Crippen LogP contribution in [0, 0.1) is 123 Å². The van der Waals surface area contributed by atoms with E-state index in [0.29, 0.717) is 0 Å². The van der Waals surface area contributed by atoms with E-state index in [1.54, 1.807) is 12.4 Å². The Morgan fingerprint density at radius 3 is 0.898 bits per heavy atom. The molecule has 0 amide bonds. The highest BCUT2D eigenvalue weighted by molar-refractivity contribution is 7.20. The molecule has 0 bridgehead atoms. The SMILES string of the molecule is Cc1cccc(C[n+]2ccncc2)c1.Fc1c(F)c(F)c([B-](c2c(F)c(F)c(F)c(F)c2F)(c2c(F)c(F)c(F)c(F)c2F)c2c(F)c(F)c(F)c(F)c2F)c(F)c1F. The molecule has 0 saturated carbocycles. The predicted molar refractivity (Wildman–Crippen MR) is 164 cm³/mol. The van der Waals surface area contributed by atoms with Crippen LogP contribution in [0.4, 0.5) is 87.8 Å². The van der Waals surface area contributed by atoms with Crippen LogP contribution in [-0.4, -0.2) is 11.1 Å². The van der Waals surface area contributed by atoms with Crippen molar-refractivity contribution in [1.82, 2.24) is 4.98 Å². The molecular formula is C36H13BF20N2. The molecule has 310 valence electrons. The molecule has 0 aliphatic carbocycles. The third-order valence-corrected chi connectivity index (χ3v) is 8.84. The van der Waals surface area contributed by atoms with Gasteiger partial charge in [-0.1, -0.05) is 23.8 Å². The van der Waals surface area contributed by atoms with Crippen molar-refractivity contribution >= 4 is 28.0 Å². The molecule has 0 fully saturated rings. The summed E-state index contributed by atoms with van der Waals surface area (Å²) in [6.45, 7) is 3.02. The lowest BCUT2D eigenvalue weighted by Gasteiger charge is -2.44. The number of hydrogen-bond acceptors (Lipinski definition) is 1. The van der Waals surface area contributed by atoms with E-state index in [0.717, 1.165) is 6.54 Å². The minimum atomic E-state index is -7.22. The van der Waals surface area contributed by atoms with E-state index >= 15 is 35.1 Å². The van der Waals surface area contributed by atoms with E-state index in [1.165, 1.54) is 11.1 Å². The van der Waals surface area contributed by atoms with E-state index in [-0.39, 0.29) is 0 Å². The van der Waals surface area contributed by atoms with E-state index in [9.17, 15) is 52.7 Å². The Labute approximate surface area is 315 Å². The highest BCUT2D eigenvalue weighted by Gasteiger charge is 2.52. The number of rotatable bonds is 6. The average Bonchev–Trinajstić information content (AvgIpc) is 3.21. The topological polar surface area (TPSA) is 16.8 Å². The Kier molecular flexibility index (Phi) is 12.1. The van der Waals surface area contributed by atoms with Crippen molar-refractivity contribution in [2.75, 3.05) is 0 Å². The van der Waals surface area contributed by atoms with Gasteiger partial charge in [0.05, 0.1) is 12.4 Å². The maximum atomic E-state index is 15.4. The van der Waals surface area contributed by atoms with Crippen molar-refractivity contribution in [2.24, 2.45) is 0 Å². The van der Waals surface area contributed by atoms with Gasteiger partial charge in [-0.3, -0.25) is 4.98 Å². The number of hydrogen-bond donors (Lipinski definition) is 0. The molecule has 6 rings (SSSR count). The highest BCUT2D eigenvalue weighted by atomic mass is 19.2. The van der Waals surface area contributed by atoms with Crippen LogP contribution in [0.15, 0.2) is 49.1 Å². The summed E-state index contributed by atoms with van der Waals surface area (Å²) < 4.78 is 296. The Bertz CT molecular complexity index is 2270. The van der Waals surface area contributed by atoms with Gasteiger partial charge in [-0.2, -0.15) is 4.57 Å². The fourth-order valence-electron chi connectivity index (χ4n) is 6.35. The van der Waals surface area contributed by atoms with E-state index in [2.05, 4.69) is 40.7 Å². The molecule has 1 heterocycles. The average molecular weight is 864 g/mol. The molecule has 2 nitrogen and oxygen atoms in total. The van der Waals surface area contributed by atoms with Gasteiger partial charge in [0.15, 0.2) is 88.7 Å². The second-order valence-electron chi connectivity index (χ2n) is 12.2. The lowest BCUT2D eigenvalue weighted by Crippen LogP contribution is -2.81. The second kappa shape index (κ2) is 16.2. The van der Waals surface area contributed by atoms with Crippen LogP contribution in [0.1, 0.15) is 11.1 Å². The van der Waals surface area contributed by atoms with Crippen LogP contribution in [0.25, 0.3) is 0 Å². The zero-order chi connectivity index (χ0) is 44.2. The molecule has 23 heteroatoms. The first kappa shape index (κ1) is 44.0. The maximum Gasteiger partial charge on any atom is 0.200 e. The number of aryl methyl sites for hydroxylation is 1. The van der Waals surface area contributed by atoms with Crippen molar-refractivity contribution < 1.29 is 92.4 Å². The number of halogens is 20. The highest BCUT2D eigenvalue weighted by Crippen LogP contribution is 2.30. The predicted octanol–water partition coefficient (Wildman–Crippen LogP) is 7.57. The van der Waals surface area contributed by atoms with Crippen molar-refractivity contribution in [3.63, 3.8) is 0 Å². The van der Waals surface area contributed by atoms with E-state index in [4.69, 9.17) is 0 Å². The normalized spacial score (nSPS) is 11.5. The van der Waals surface area contributed by atoms with Gasteiger partial charge < -0.3 is 0 Å².